The van der Waals surface area contributed by atoms with Crippen LogP contribution >= 0.6 is 15.9 Å². The molecule has 4 amide bonds. The number of nitrogens with zero attached hydrogens (tertiary/aromatic N) is 2. The van der Waals surface area contributed by atoms with E-state index in [9.17, 15) is 19.2 Å². The number of hydrogen-bond acceptors (Lipinski definition) is 8. The van der Waals surface area contributed by atoms with E-state index >= 15 is 0 Å². The Morgan fingerprint density at radius 1 is 0.556 bits per heavy atom. The lowest BCUT2D eigenvalue weighted by atomic mass is 9.97. The maximum absolute atomic E-state index is 13.1. The first-order chi connectivity index (χ1) is 30.8. The number of aromatic nitrogens is 2. The first-order valence-corrected chi connectivity index (χ1v) is 22.7. The Labute approximate surface area is 376 Å². The monoisotopic (exact) mass is 912 g/mol. The van der Waals surface area contributed by atoms with E-state index < -0.39 is 0 Å². The van der Waals surface area contributed by atoms with E-state index in [0.717, 1.165) is 97.6 Å². The van der Waals surface area contributed by atoms with Crippen LogP contribution in [0.1, 0.15) is 91.3 Å². The maximum Gasteiger partial charge on any atom is 0.272 e. The summed E-state index contributed by atoms with van der Waals surface area (Å²) >= 11 is 3.51. The Hall–Kier alpha value is -6.02. The quantitative estimate of drug-likeness (QED) is 0.0835. The fourth-order valence-electron chi connectivity index (χ4n) is 8.09. The van der Waals surface area contributed by atoms with E-state index in [1.54, 1.807) is 36.7 Å². The molecular formula is C50H53BrN6O6. The van der Waals surface area contributed by atoms with E-state index in [0.29, 0.717) is 52.8 Å². The minimum Gasteiger partial charge on any atom is -0.381 e. The summed E-state index contributed by atoms with van der Waals surface area (Å²) in [5.74, 6) is 0.0470. The highest BCUT2D eigenvalue weighted by atomic mass is 79.9. The second-order valence-electron chi connectivity index (χ2n) is 15.8. The Morgan fingerprint density at radius 3 is 1.49 bits per heavy atom. The Balaban J connectivity index is 0.000000189. The number of halogens is 1. The van der Waals surface area contributed by atoms with Crippen molar-refractivity contribution in [1.29, 1.82) is 0 Å². The molecule has 4 heterocycles. The topological polar surface area (TPSA) is 161 Å². The van der Waals surface area contributed by atoms with Crippen LogP contribution in [-0.4, -0.2) is 73.1 Å². The summed E-state index contributed by atoms with van der Waals surface area (Å²) in [4.78, 5) is 60.1. The third kappa shape index (κ3) is 11.7. The molecule has 13 heteroatoms. The summed E-state index contributed by atoms with van der Waals surface area (Å²) in [7, 11) is 0. The number of anilines is 2. The summed E-state index contributed by atoms with van der Waals surface area (Å²) < 4.78 is 10.8. The minimum absolute atomic E-state index is 0.217. The van der Waals surface area contributed by atoms with Crippen molar-refractivity contribution in [2.45, 2.75) is 50.8 Å². The predicted octanol–water partition coefficient (Wildman–Crippen LogP) is 9.27. The van der Waals surface area contributed by atoms with Crippen LogP contribution in [0.2, 0.25) is 0 Å². The molecule has 2 aliphatic heterocycles. The molecule has 8 rings (SSSR count). The van der Waals surface area contributed by atoms with E-state index in [-0.39, 0.29) is 35.0 Å². The van der Waals surface area contributed by atoms with E-state index in [1.807, 2.05) is 79.7 Å². The van der Waals surface area contributed by atoms with Crippen LogP contribution in [0.15, 0.2) is 109 Å². The van der Waals surface area contributed by atoms with Crippen LogP contribution in [0.25, 0.3) is 21.5 Å². The van der Waals surface area contributed by atoms with Crippen molar-refractivity contribution >= 4 is 72.5 Å². The lowest BCUT2D eigenvalue weighted by molar-refractivity contribution is 0.0633. The van der Waals surface area contributed by atoms with Gasteiger partial charge in [0.1, 0.15) is 0 Å². The van der Waals surface area contributed by atoms with Gasteiger partial charge in [-0.15, -0.1) is 0 Å². The van der Waals surface area contributed by atoms with Crippen LogP contribution in [0.4, 0.5) is 11.4 Å². The molecule has 4 N–H and O–H groups in total. The van der Waals surface area contributed by atoms with Gasteiger partial charge in [-0.25, -0.2) is 9.97 Å². The molecule has 12 nitrogen and oxygen atoms in total. The molecule has 0 unspecified atom stereocenters. The van der Waals surface area contributed by atoms with Crippen molar-refractivity contribution in [2.24, 2.45) is 11.8 Å². The average molecular weight is 914 g/mol. The molecule has 326 valence electrons. The van der Waals surface area contributed by atoms with Crippen LogP contribution in [0.3, 0.4) is 0 Å². The molecule has 2 fully saturated rings. The molecule has 0 aliphatic carbocycles. The second-order valence-corrected chi connectivity index (χ2v) is 16.4. The lowest BCUT2D eigenvalue weighted by Gasteiger charge is -2.21. The summed E-state index contributed by atoms with van der Waals surface area (Å²) in [5, 5.41) is 16.2. The molecule has 2 aliphatic rings. The second kappa shape index (κ2) is 22.4. The molecule has 0 saturated carbocycles. The minimum atomic E-state index is -0.285. The Kier molecular flexibility index (Phi) is 16.0. The van der Waals surface area contributed by atoms with E-state index in [4.69, 9.17) is 9.47 Å². The number of hydrogen-bond donors (Lipinski definition) is 4. The Bertz CT molecular complexity index is 2560. The highest BCUT2D eigenvalue weighted by Gasteiger charge is 2.21. The first kappa shape index (κ1) is 45.0. The zero-order valence-electron chi connectivity index (χ0n) is 35.5. The number of alkyl halides is 1. The number of aryl methyl sites for hydroxylation is 1. The molecule has 0 atom stereocenters. The normalized spacial score (nSPS) is 14.3. The highest BCUT2D eigenvalue weighted by Crippen LogP contribution is 2.27. The smallest absolute Gasteiger partial charge is 0.272 e. The number of nitrogens with one attached hydrogen (secondary N) is 4. The van der Waals surface area contributed by atoms with Crippen molar-refractivity contribution in [2.75, 3.05) is 50.2 Å². The SMILES string of the molecule is Cc1ccc(C(=O)Nc2cccnc2C(=O)NCCC2CCOCC2)c2ccccc12.O=C(NCCC1CCOCC1)c1ncccc1NC(=O)c1ccc(CBr)c2ccccc12. The van der Waals surface area contributed by atoms with Gasteiger partial charge < -0.3 is 30.7 Å². The number of rotatable bonds is 13. The van der Waals surface area contributed by atoms with Gasteiger partial charge in [0.05, 0.1) is 11.4 Å². The molecule has 6 aromatic rings. The van der Waals surface area contributed by atoms with E-state index in [1.165, 1.54) is 0 Å². The fraction of sp³-hybridized carbons (Fsp3) is 0.320. The molecule has 4 aromatic carbocycles. The zero-order valence-corrected chi connectivity index (χ0v) is 37.0. The number of pyridine rings is 2. The fourth-order valence-corrected chi connectivity index (χ4v) is 8.58. The number of fused-ring (bicyclic) bond motifs is 2. The number of ether oxygens (including phenoxy) is 2. The zero-order chi connectivity index (χ0) is 44.0. The first-order valence-electron chi connectivity index (χ1n) is 21.6. The summed E-state index contributed by atoms with van der Waals surface area (Å²) in [6.07, 6.45) is 9.07. The van der Waals surface area contributed by atoms with Gasteiger partial charge in [0.25, 0.3) is 23.6 Å². The van der Waals surface area contributed by atoms with Crippen LogP contribution in [-0.2, 0) is 14.8 Å². The molecule has 0 bridgehead atoms. The van der Waals surface area contributed by atoms with Crippen molar-refractivity contribution in [1.82, 2.24) is 20.6 Å². The molecule has 2 aromatic heterocycles. The largest absolute Gasteiger partial charge is 0.381 e. The van der Waals surface area contributed by atoms with Gasteiger partial charge in [-0.1, -0.05) is 76.6 Å². The van der Waals surface area contributed by atoms with Crippen molar-refractivity contribution < 1.29 is 28.7 Å². The van der Waals surface area contributed by atoms with Crippen molar-refractivity contribution in [3.63, 3.8) is 0 Å². The molecule has 0 spiro atoms. The maximum atomic E-state index is 13.1. The third-order valence-electron chi connectivity index (χ3n) is 11.7. The number of amides is 4. The van der Waals surface area contributed by atoms with E-state index in [2.05, 4.69) is 47.2 Å². The molecule has 0 radical (unpaired) electrons. The third-order valence-corrected chi connectivity index (χ3v) is 12.3. The predicted molar refractivity (Wildman–Crippen MR) is 251 cm³/mol. The Morgan fingerprint density at radius 2 is 1.00 bits per heavy atom. The number of carbonyl (C=O) groups excluding carboxylic acids is 4. The van der Waals surface area contributed by atoms with Crippen LogP contribution < -0.4 is 21.3 Å². The van der Waals surface area contributed by atoms with Gasteiger partial charge in [-0.05, 0) is 126 Å². The molecule has 2 saturated heterocycles. The van der Waals surface area contributed by atoms with Crippen molar-refractivity contribution in [3.05, 3.63) is 143 Å². The summed E-state index contributed by atoms with van der Waals surface area (Å²) in [5.41, 5.74) is 4.58. The van der Waals surface area contributed by atoms with Crippen LogP contribution in [0.5, 0.6) is 0 Å². The van der Waals surface area contributed by atoms with Gasteiger partial charge >= 0.3 is 0 Å². The van der Waals surface area contributed by atoms with Gasteiger partial charge in [0, 0.05) is 68.4 Å². The molecule has 63 heavy (non-hydrogen) atoms. The van der Waals surface area contributed by atoms with Gasteiger partial charge in [0.2, 0.25) is 0 Å². The highest BCUT2D eigenvalue weighted by molar-refractivity contribution is 9.08. The number of carbonyl (C=O) groups is 4. The lowest BCUT2D eigenvalue weighted by Crippen LogP contribution is -2.29. The number of benzene rings is 4. The standard InChI is InChI=1S/C25H26BrN3O3.C25H27N3O3/c26-16-18-7-8-21(20-5-2-1-4-19(18)20)24(30)29-22-6-3-12-27-23(22)25(31)28-13-9-17-10-14-32-15-11-17;1-17-8-9-21(20-6-3-2-5-19(17)20)24(29)28-22-7-4-13-26-23(22)25(30)27-14-10-18-11-15-31-16-12-18/h1-8,12,17H,9-11,13-16H2,(H,28,31)(H,29,30);2-9,13,18H,10-12,14-16H2,1H3,(H,27,30)(H,28,29). The average Bonchev–Trinajstić information content (AvgIpc) is 3.32. The van der Waals surface area contributed by atoms with Crippen LogP contribution in [0, 0.1) is 18.8 Å². The summed E-state index contributed by atoms with van der Waals surface area (Å²) in [6, 6.07) is 30.0. The van der Waals surface area contributed by atoms with Gasteiger partial charge in [-0.2, -0.15) is 0 Å². The summed E-state index contributed by atoms with van der Waals surface area (Å²) in [6.45, 7) is 6.35. The van der Waals surface area contributed by atoms with Crippen molar-refractivity contribution in [3.8, 4) is 0 Å². The molecular weight excluding hydrogens is 860 g/mol. The van der Waals surface area contributed by atoms with Gasteiger partial charge in [-0.3, -0.25) is 19.2 Å². The van der Waals surface area contributed by atoms with Gasteiger partial charge in [0.15, 0.2) is 11.4 Å².